The molecule has 1 aromatic carbocycles. The van der Waals surface area contributed by atoms with Crippen LogP contribution < -0.4 is 11.1 Å². The summed E-state index contributed by atoms with van der Waals surface area (Å²) in [5, 5.41) is 17.3. The predicted molar refractivity (Wildman–Crippen MR) is 78.4 cm³/mol. The largest absolute Gasteiger partial charge is 0.392 e. The van der Waals surface area contributed by atoms with Crippen LogP contribution >= 0.6 is 0 Å². The van der Waals surface area contributed by atoms with Gasteiger partial charge in [-0.2, -0.15) is 4.98 Å². The lowest BCUT2D eigenvalue weighted by Crippen LogP contribution is -2.07. The molecule has 0 atom stereocenters. The van der Waals surface area contributed by atoms with Crippen LogP contribution in [0, 0.1) is 6.92 Å². The maximum absolute atomic E-state index is 9.48. The Kier molecular flexibility index (Phi) is 3.41. The fourth-order valence-electron chi connectivity index (χ4n) is 2.21. The van der Waals surface area contributed by atoms with Gasteiger partial charge in [-0.1, -0.05) is 17.3 Å². The summed E-state index contributed by atoms with van der Waals surface area (Å²) < 4.78 is 5.02. The molecule has 0 amide bonds. The third kappa shape index (κ3) is 2.63. The highest BCUT2D eigenvalue weighted by molar-refractivity contribution is 5.92. The van der Waals surface area contributed by atoms with E-state index in [2.05, 4.69) is 20.4 Å². The van der Waals surface area contributed by atoms with Crippen molar-refractivity contribution >= 4 is 22.7 Å². The van der Waals surface area contributed by atoms with Gasteiger partial charge in [-0.05, 0) is 18.6 Å². The molecule has 0 unspecified atom stereocenters. The average molecular weight is 285 g/mol. The number of aromatic nitrogens is 3. The minimum atomic E-state index is -0.0949. The van der Waals surface area contributed by atoms with Crippen molar-refractivity contribution in [1.29, 1.82) is 0 Å². The summed E-state index contributed by atoms with van der Waals surface area (Å²) in [6.07, 6.45) is 0. The lowest BCUT2D eigenvalue weighted by atomic mass is 10.1. The summed E-state index contributed by atoms with van der Waals surface area (Å²) in [7, 11) is 0. The first-order valence-electron chi connectivity index (χ1n) is 6.49. The fourth-order valence-corrected chi connectivity index (χ4v) is 2.21. The Morgan fingerprint density at radius 2 is 2.19 bits per heavy atom. The number of nitrogen functional groups attached to an aromatic ring is 1. The third-order valence-corrected chi connectivity index (χ3v) is 3.11. The molecule has 3 rings (SSSR count). The van der Waals surface area contributed by atoms with Crippen LogP contribution in [-0.2, 0) is 13.2 Å². The van der Waals surface area contributed by atoms with Crippen molar-refractivity contribution in [2.45, 2.75) is 20.1 Å². The van der Waals surface area contributed by atoms with Gasteiger partial charge in [0.15, 0.2) is 0 Å². The van der Waals surface area contributed by atoms with E-state index >= 15 is 0 Å². The molecule has 0 aliphatic heterocycles. The van der Waals surface area contributed by atoms with Gasteiger partial charge in [0.05, 0.1) is 18.7 Å². The van der Waals surface area contributed by atoms with E-state index in [-0.39, 0.29) is 12.6 Å². The molecule has 0 radical (unpaired) electrons. The second-order valence-electron chi connectivity index (χ2n) is 4.68. The second kappa shape index (κ2) is 5.37. The average Bonchev–Trinajstić information content (AvgIpc) is 2.89. The molecule has 3 aromatic rings. The fraction of sp³-hybridized carbons (Fsp3) is 0.214. The smallest absolute Gasteiger partial charge is 0.222 e. The minimum absolute atomic E-state index is 0.0949. The van der Waals surface area contributed by atoms with Crippen LogP contribution in [0.15, 0.2) is 28.8 Å². The van der Waals surface area contributed by atoms with E-state index in [9.17, 15) is 5.11 Å². The van der Waals surface area contributed by atoms with Gasteiger partial charge in [0.1, 0.15) is 17.3 Å². The van der Waals surface area contributed by atoms with Crippen LogP contribution in [0.25, 0.3) is 10.9 Å². The standard InChI is InChI=1S/C14H15N5O2/c1-8-5-10(19-21-8)6-16-13-12-9(7-20)3-2-4-11(12)17-14(15)18-13/h2-5,20H,6-7H2,1H3,(H3,15,16,17,18). The Morgan fingerprint density at radius 1 is 1.33 bits per heavy atom. The van der Waals surface area contributed by atoms with Crippen molar-refractivity contribution in [3.05, 3.63) is 41.3 Å². The van der Waals surface area contributed by atoms with Gasteiger partial charge < -0.3 is 20.7 Å². The lowest BCUT2D eigenvalue weighted by Gasteiger charge is -2.11. The molecular formula is C14H15N5O2. The van der Waals surface area contributed by atoms with Gasteiger partial charge in [0.25, 0.3) is 0 Å². The zero-order valence-electron chi connectivity index (χ0n) is 11.5. The minimum Gasteiger partial charge on any atom is -0.392 e. The van der Waals surface area contributed by atoms with Gasteiger partial charge in [-0.15, -0.1) is 0 Å². The maximum atomic E-state index is 9.48. The highest BCUT2D eigenvalue weighted by atomic mass is 16.5. The number of nitrogens with zero attached hydrogens (tertiary/aromatic N) is 3. The van der Waals surface area contributed by atoms with Crippen molar-refractivity contribution in [3.63, 3.8) is 0 Å². The zero-order valence-corrected chi connectivity index (χ0v) is 11.5. The highest BCUT2D eigenvalue weighted by Crippen LogP contribution is 2.25. The molecule has 4 N–H and O–H groups in total. The van der Waals surface area contributed by atoms with Gasteiger partial charge in [0, 0.05) is 11.5 Å². The number of anilines is 2. The Morgan fingerprint density at radius 3 is 2.90 bits per heavy atom. The number of aryl methyl sites for hydroxylation is 1. The number of nitrogens with two attached hydrogens (primary N) is 1. The molecule has 0 spiro atoms. The van der Waals surface area contributed by atoms with E-state index in [4.69, 9.17) is 10.3 Å². The zero-order chi connectivity index (χ0) is 14.8. The Bertz CT molecular complexity index is 784. The van der Waals surface area contributed by atoms with E-state index in [0.717, 1.165) is 22.4 Å². The van der Waals surface area contributed by atoms with Crippen molar-refractivity contribution < 1.29 is 9.63 Å². The van der Waals surface area contributed by atoms with Gasteiger partial charge in [-0.3, -0.25) is 0 Å². The number of aliphatic hydroxyl groups is 1. The van der Waals surface area contributed by atoms with E-state index in [0.29, 0.717) is 17.9 Å². The lowest BCUT2D eigenvalue weighted by molar-refractivity contribution is 0.283. The van der Waals surface area contributed by atoms with Crippen LogP contribution in [0.2, 0.25) is 0 Å². The van der Waals surface area contributed by atoms with Gasteiger partial charge >= 0.3 is 0 Å². The quantitative estimate of drug-likeness (QED) is 0.668. The highest BCUT2D eigenvalue weighted by Gasteiger charge is 2.11. The van der Waals surface area contributed by atoms with Crippen LogP contribution in [-0.4, -0.2) is 20.2 Å². The van der Waals surface area contributed by atoms with Crippen LogP contribution in [0.5, 0.6) is 0 Å². The summed E-state index contributed by atoms with van der Waals surface area (Å²) in [5.41, 5.74) is 7.92. The van der Waals surface area contributed by atoms with E-state index in [1.165, 1.54) is 0 Å². The van der Waals surface area contributed by atoms with Crippen LogP contribution in [0.4, 0.5) is 11.8 Å². The van der Waals surface area contributed by atoms with E-state index in [1.807, 2.05) is 31.2 Å². The molecule has 0 saturated carbocycles. The molecule has 108 valence electrons. The number of aliphatic hydroxyl groups excluding tert-OH is 1. The molecule has 2 heterocycles. The number of hydrogen-bond acceptors (Lipinski definition) is 7. The molecule has 0 saturated heterocycles. The van der Waals surface area contributed by atoms with Gasteiger partial charge in [0.2, 0.25) is 5.95 Å². The van der Waals surface area contributed by atoms with Crippen molar-refractivity contribution in [3.8, 4) is 0 Å². The maximum Gasteiger partial charge on any atom is 0.222 e. The number of rotatable bonds is 4. The van der Waals surface area contributed by atoms with Crippen molar-refractivity contribution in [1.82, 2.24) is 15.1 Å². The monoisotopic (exact) mass is 285 g/mol. The van der Waals surface area contributed by atoms with Gasteiger partial charge in [-0.25, -0.2) is 4.98 Å². The Balaban J connectivity index is 2.00. The molecule has 7 heteroatoms. The van der Waals surface area contributed by atoms with E-state index < -0.39 is 0 Å². The summed E-state index contributed by atoms with van der Waals surface area (Å²) in [4.78, 5) is 8.40. The predicted octanol–water partition coefficient (Wildman–Crippen LogP) is 1.61. The first-order valence-corrected chi connectivity index (χ1v) is 6.49. The second-order valence-corrected chi connectivity index (χ2v) is 4.68. The first-order chi connectivity index (χ1) is 10.2. The molecule has 0 fully saturated rings. The summed E-state index contributed by atoms with van der Waals surface area (Å²) in [6.45, 7) is 2.18. The summed E-state index contributed by atoms with van der Waals surface area (Å²) >= 11 is 0. The SMILES string of the molecule is Cc1cc(CNc2nc(N)nc3cccc(CO)c23)no1. The Labute approximate surface area is 120 Å². The van der Waals surface area contributed by atoms with Crippen LogP contribution in [0.1, 0.15) is 17.0 Å². The first kappa shape index (κ1) is 13.3. The summed E-state index contributed by atoms with van der Waals surface area (Å²) in [5.74, 6) is 1.49. The number of fused-ring (bicyclic) bond motifs is 1. The molecular weight excluding hydrogens is 270 g/mol. The molecule has 21 heavy (non-hydrogen) atoms. The molecule has 2 aromatic heterocycles. The van der Waals surface area contributed by atoms with Crippen molar-refractivity contribution in [2.75, 3.05) is 11.1 Å². The number of nitrogens with one attached hydrogen (secondary N) is 1. The topological polar surface area (TPSA) is 110 Å². The number of hydrogen-bond donors (Lipinski definition) is 3. The Hall–Kier alpha value is -2.67. The number of benzene rings is 1. The van der Waals surface area contributed by atoms with Crippen LogP contribution in [0.3, 0.4) is 0 Å². The molecule has 0 bridgehead atoms. The summed E-state index contributed by atoms with van der Waals surface area (Å²) in [6, 6.07) is 7.32. The molecule has 0 aliphatic rings. The normalized spacial score (nSPS) is 11.0. The third-order valence-electron chi connectivity index (χ3n) is 3.11. The van der Waals surface area contributed by atoms with E-state index in [1.54, 1.807) is 0 Å². The van der Waals surface area contributed by atoms with Crippen molar-refractivity contribution in [2.24, 2.45) is 0 Å². The molecule has 7 nitrogen and oxygen atoms in total. The molecule has 0 aliphatic carbocycles.